The summed E-state index contributed by atoms with van der Waals surface area (Å²) in [6.07, 6.45) is 6.58. The second-order valence-electron chi connectivity index (χ2n) is 6.19. The number of nitriles is 1. The molecule has 4 rings (SSSR count). The van der Waals surface area contributed by atoms with Crippen LogP contribution in [0.4, 0.5) is 0 Å². The molecule has 0 radical (unpaired) electrons. The van der Waals surface area contributed by atoms with Crippen LogP contribution in [0.3, 0.4) is 0 Å². The second kappa shape index (κ2) is 7.07. The number of allylic oxidation sites excluding steroid dienone is 1. The molecule has 1 N–H and O–H groups in total. The Kier molecular flexibility index (Phi) is 4.47. The third-order valence-electron chi connectivity index (χ3n) is 4.54. The van der Waals surface area contributed by atoms with E-state index in [1.54, 1.807) is 6.20 Å². The molecule has 1 unspecified atom stereocenters. The van der Waals surface area contributed by atoms with Gasteiger partial charge in [0.2, 0.25) is 0 Å². The van der Waals surface area contributed by atoms with Crippen molar-refractivity contribution >= 4 is 28.2 Å². The average molecular weight is 361 g/mol. The number of aromatic amines is 1. The van der Waals surface area contributed by atoms with Gasteiger partial charge in [-0.1, -0.05) is 48.0 Å². The Bertz CT molecular complexity index is 1030. The maximum Gasteiger partial charge on any atom is 0.198 e. The summed E-state index contributed by atoms with van der Waals surface area (Å²) in [4.78, 5) is 9.72. The summed E-state index contributed by atoms with van der Waals surface area (Å²) in [7, 11) is 0. The van der Waals surface area contributed by atoms with E-state index in [1.165, 1.54) is 5.56 Å². The lowest BCUT2D eigenvalue weighted by molar-refractivity contribution is 0.356. The number of H-pyrrole nitrogens is 1. The van der Waals surface area contributed by atoms with E-state index in [2.05, 4.69) is 28.2 Å². The molecule has 1 aromatic heterocycles. The minimum absolute atomic E-state index is 0.416. The molecule has 1 atom stereocenters. The first-order valence-corrected chi connectivity index (χ1v) is 8.89. The lowest BCUT2D eigenvalue weighted by atomic mass is 10.1. The van der Waals surface area contributed by atoms with Crippen LogP contribution >= 0.6 is 11.6 Å². The Morgan fingerprint density at radius 2 is 2.04 bits per heavy atom. The zero-order valence-electron chi connectivity index (χ0n) is 14.1. The first-order chi connectivity index (χ1) is 12.7. The van der Waals surface area contributed by atoms with Gasteiger partial charge >= 0.3 is 0 Å². The molecule has 0 bridgehead atoms. The van der Waals surface area contributed by atoms with E-state index >= 15 is 0 Å². The van der Waals surface area contributed by atoms with Crippen molar-refractivity contribution in [3.63, 3.8) is 0 Å². The van der Waals surface area contributed by atoms with Crippen molar-refractivity contribution in [3.05, 3.63) is 83.7 Å². The van der Waals surface area contributed by atoms with E-state index in [9.17, 15) is 5.26 Å². The van der Waals surface area contributed by atoms with Gasteiger partial charge in [0.05, 0.1) is 11.3 Å². The van der Waals surface area contributed by atoms with E-state index < -0.39 is 5.62 Å². The van der Waals surface area contributed by atoms with Crippen molar-refractivity contribution in [2.24, 2.45) is 4.99 Å². The number of rotatable bonds is 4. The fourth-order valence-corrected chi connectivity index (χ4v) is 3.37. The molecule has 0 saturated carbocycles. The number of benzene rings is 2. The highest BCUT2D eigenvalue weighted by atomic mass is 35.5. The smallest absolute Gasteiger partial charge is 0.198 e. The van der Waals surface area contributed by atoms with Gasteiger partial charge < -0.3 is 9.88 Å². The van der Waals surface area contributed by atoms with Crippen LogP contribution in [0.2, 0.25) is 0 Å². The number of halogens is 1. The lowest BCUT2D eigenvalue weighted by Gasteiger charge is -2.27. The van der Waals surface area contributed by atoms with E-state index in [-0.39, 0.29) is 0 Å². The second-order valence-corrected chi connectivity index (χ2v) is 6.58. The number of hydrogen-bond acceptors (Lipinski definition) is 3. The van der Waals surface area contributed by atoms with Gasteiger partial charge in [0.25, 0.3) is 0 Å². The van der Waals surface area contributed by atoms with Crippen molar-refractivity contribution < 1.29 is 0 Å². The van der Waals surface area contributed by atoms with Crippen LogP contribution in [0.1, 0.15) is 16.7 Å². The van der Waals surface area contributed by atoms with Crippen LogP contribution in [0.15, 0.2) is 72.0 Å². The molecule has 0 fully saturated rings. The Hall–Kier alpha value is -3.03. The topological polar surface area (TPSA) is 55.2 Å². The molecule has 0 aliphatic carbocycles. The van der Waals surface area contributed by atoms with E-state index in [4.69, 9.17) is 11.6 Å². The summed E-state index contributed by atoms with van der Waals surface area (Å²) in [5, 5.41) is 10.1. The van der Waals surface area contributed by atoms with E-state index in [0.717, 1.165) is 35.1 Å². The largest absolute Gasteiger partial charge is 0.360 e. The summed E-state index contributed by atoms with van der Waals surface area (Å²) in [5.41, 5.74) is 4.37. The van der Waals surface area contributed by atoms with Crippen molar-refractivity contribution in [3.8, 4) is 6.07 Å². The summed E-state index contributed by atoms with van der Waals surface area (Å²) >= 11 is 6.46. The highest BCUT2D eigenvalue weighted by Crippen LogP contribution is 2.21. The van der Waals surface area contributed by atoms with Crippen LogP contribution in [0, 0.1) is 11.3 Å². The summed E-state index contributed by atoms with van der Waals surface area (Å²) in [6.45, 7) is 0.758. The van der Waals surface area contributed by atoms with Gasteiger partial charge in [-0.3, -0.25) is 0 Å². The first kappa shape index (κ1) is 16.4. The predicted octanol–water partition coefficient (Wildman–Crippen LogP) is 4.42. The summed E-state index contributed by atoms with van der Waals surface area (Å²) in [5.74, 6) is 0. The maximum atomic E-state index is 9.18. The first-order valence-electron chi connectivity index (χ1n) is 8.46. The van der Waals surface area contributed by atoms with Gasteiger partial charge in [-0.15, -0.1) is 0 Å². The van der Waals surface area contributed by atoms with Gasteiger partial charge in [-0.05, 0) is 35.8 Å². The van der Waals surface area contributed by atoms with E-state index in [1.807, 2.05) is 53.6 Å². The van der Waals surface area contributed by atoms with Crippen LogP contribution < -0.4 is 0 Å². The minimum Gasteiger partial charge on any atom is -0.360 e. The van der Waals surface area contributed by atoms with Crippen molar-refractivity contribution in [2.75, 3.05) is 6.54 Å². The Morgan fingerprint density at radius 1 is 1.19 bits per heavy atom. The number of fused-ring (bicyclic) bond motifs is 1. The van der Waals surface area contributed by atoms with Crippen LogP contribution in [-0.4, -0.2) is 27.8 Å². The van der Waals surface area contributed by atoms with E-state index in [0.29, 0.717) is 5.56 Å². The molecule has 3 aromatic rings. The molecular formula is C21H17ClN4. The molecule has 1 aliphatic heterocycles. The Balaban J connectivity index is 1.45. The van der Waals surface area contributed by atoms with Crippen LogP contribution in [-0.2, 0) is 6.42 Å². The number of aliphatic imine (C=N–C) groups is 1. The number of alkyl halides is 1. The normalized spacial score (nSPS) is 16.5. The lowest BCUT2D eigenvalue weighted by Crippen LogP contribution is -2.30. The fourth-order valence-electron chi connectivity index (χ4n) is 3.10. The summed E-state index contributed by atoms with van der Waals surface area (Å²) < 4.78 is 0. The van der Waals surface area contributed by atoms with Crippen LogP contribution in [0.25, 0.3) is 10.9 Å². The molecular weight excluding hydrogens is 344 g/mol. The molecule has 26 heavy (non-hydrogen) atoms. The van der Waals surface area contributed by atoms with Gasteiger partial charge in [0, 0.05) is 29.8 Å². The quantitative estimate of drug-likeness (QED) is 0.553. The van der Waals surface area contributed by atoms with Gasteiger partial charge in [-0.25, -0.2) is 4.99 Å². The minimum atomic E-state index is -0.416. The maximum absolute atomic E-state index is 9.18. The molecule has 4 nitrogen and oxygen atoms in total. The molecule has 0 spiro atoms. The van der Waals surface area contributed by atoms with Gasteiger partial charge in [-0.2, -0.15) is 5.26 Å². The summed E-state index contributed by atoms with van der Waals surface area (Å²) in [6, 6.07) is 18.4. The van der Waals surface area contributed by atoms with Crippen molar-refractivity contribution in [1.29, 1.82) is 5.26 Å². The van der Waals surface area contributed by atoms with Crippen LogP contribution in [0.5, 0.6) is 0 Å². The standard InChI is InChI=1S/C21H17ClN4/c22-21-25-19(16-4-2-1-3-5-16)9-11-26(21)10-8-15-6-7-20-18(12-15)17(13-23)14-24-20/h1-7,9,11-12,14,21,24H,8,10H2. The Morgan fingerprint density at radius 3 is 2.81 bits per heavy atom. The average Bonchev–Trinajstić information content (AvgIpc) is 3.10. The molecule has 128 valence electrons. The Labute approximate surface area is 157 Å². The highest BCUT2D eigenvalue weighted by molar-refractivity contribution is 6.22. The van der Waals surface area contributed by atoms with Gasteiger partial charge in [0.1, 0.15) is 6.07 Å². The number of hydrogen-bond donors (Lipinski definition) is 1. The molecule has 1 aliphatic rings. The molecule has 2 aromatic carbocycles. The monoisotopic (exact) mass is 360 g/mol. The number of nitrogens with one attached hydrogen (secondary N) is 1. The third kappa shape index (κ3) is 3.22. The number of aromatic nitrogens is 1. The third-order valence-corrected chi connectivity index (χ3v) is 4.89. The molecule has 0 amide bonds. The fraction of sp³-hybridized carbons (Fsp3) is 0.143. The van der Waals surface area contributed by atoms with Crippen molar-refractivity contribution in [1.82, 2.24) is 9.88 Å². The molecule has 0 saturated heterocycles. The van der Waals surface area contributed by atoms with Gasteiger partial charge in [0.15, 0.2) is 5.62 Å². The predicted molar refractivity (Wildman–Crippen MR) is 105 cm³/mol. The zero-order valence-corrected chi connectivity index (χ0v) is 14.8. The zero-order chi connectivity index (χ0) is 17.9. The molecule has 5 heteroatoms. The highest BCUT2D eigenvalue weighted by Gasteiger charge is 2.16. The van der Waals surface area contributed by atoms with Crippen molar-refractivity contribution in [2.45, 2.75) is 12.0 Å². The SMILES string of the molecule is N#Cc1c[nH]c2ccc(CCN3C=CC(c4ccccc4)=NC3Cl)cc12. The number of nitrogens with zero attached hydrogens (tertiary/aromatic N) is 3. The molecule has 2 heterocycles.